The third-order valence-corrected chi connectivity index (χ3v) is 3.43. The van der Waals surface area contributed by atoms with Crippen LogP contribution in [0.15, 0.2) is 28.7 Å². The van der Waals surface area contributed by atoms with Crippen LogP contribution in [0.25, 0.3) is 11.3 Å². The molecular weight excluding hydrogens is 304 g/mol. The van der Waals surface area contributed by atoms with Crippen LogP contribution in [0.2, 0.25) is 0 Å². The molecule has 0 unspecified atom stereocenters. The van der Waals surface area contributed by atoms with E-state index < -0.39 is 0 Å². The van der Waals surface area contributed by atoms with Crippen LogP contribution in [0.4, 0.5) is 0 Å². The van der Waals surface area contributed by atoms with E-state index in [1.165, 1.54) is 5.56 Å². The minimum atomic E-state index is 0.169. The number of aliphatic hydroxyl groups is 1. The van der Waals surface area contributed by atoms with Gasteiger partial charge in [-0.3, -0.25) is 0 Å². The SMILES string of the molecule is Cc1cc(-c2cc(Br)ccc2C)nc(CCCO)n1. The molecular formula is C15H17BrN2O. The Bertz CT molecular complexity index is 584. The zero-order valence-electron chi connectivity index (χ0n) is 11.2. The van der Waals surface area contributed by atoms with Gasteiger partial charge in [0.1, 0.15) is 5.82 Å². The highest BCUT2D eigenvalue weighted by Crippen LogP contribution is 2.25. The third kappa shape index (κ3) is 3.61. The molecule has 0 bridgehead atoms. The Hall–Kier alpha value is -1.26. The molecule has 0 atom stereocenters. The number of halogens is 1. The lowest BCUT2D eigenvalue weighted by Crippen LogP contribution is -2.01. The monoisotopic (exact) mass is 320 g/mol. The largest absolute Gasteiger partial charge is 0.396 e. The molecule has 0 saturated heterocycles. The topological polar surface area (TPSA) is 46.0 Å². The van der Waals surface area contributed by atoms with Gasteiger partial charge < -0.3 is 5.11 Å². The first kappa shape index (κ1) is 14.2. The quantitative estimate of drug-likeness (QED) is 0.938. The highest BCUT2D eigenvalue weighted by molar-refractivity contribution is 9.10. The Balaban J connectivity index is 2.43. The highest BCUT2D eigenvalue weighted by atomic mass is 79.9. The van der Waals surface area contributed by atoms with Crippen molar-refractivity contribution in [1.82, 2.24) is 9.97 Å². The summed E-state index contributed by atoms with van der Waals surface area (Å²) >= 11 is 3.50. The molecule has 0 saturated carbocycles. The molecule has 1 N–H and O–H groups in total. The Morgan fingerprint density at radius 2 is 1.95 bits per heavy atom. The average Bonchev–Trinajstić information content (AvgIpc) is 2.38. The van der Waals surface area contributed by atoms with Crippen LogP contribution in [0.1, 0.15) is 23.5 Å². The van der Waals surface area contributed by atoms with E-state index in [9.17, 15) is 0 Å². The smallest absolute Gasteiger partial charge is 0.129 e. The number of nitrogens with zero attached hydrogens (tertiary/aromatic N) is 2. The first-order valence-corrected chi connectivity index (χ1v) is 7.11. The van der Waals surface area contributed by atoms with E-state index in [2.05, 4.69) is 45.0 Å². The van der Waals surface area contributed by atoms with E-state index in [1.54, 1.807) is 0 Å². The maximum atomic E-state index is 8.90. The third-order valence-electron chi connectivity index (χ3n) is 2.93. The van der Waals surface area contributed by atoms with Gasteiger partial charge in [0.15, 0.2) is 0 Å². The minimum Gasteiger partial charge on any atom is -0.396 e. The lowest BCUT2D eigenvalue weighted by atomic mass is 10.1. The molecule has 3 nitrogen and oxygen atoms in total. The minimum absolute atomic E-state index is 0.169. The average molecular weight is 321 g/mol. The summed E-state index contributed by atoms with van der Waals surface area (Å²) in [5.74, 6) is 0.795. The van der Waals surface area contributed by atoms with E-state index in [1.807, 2.05) is 19.1 Å². The van der Waals surface area contributed by atoms with Crippen molar-refractivity contribution < 1.29 is 5.11 Å². The van der Waals surface area contributed by atoms with Crippen LogP contribution in [0.5, 0.6) is 0 Å². The van der Waals surface area contributed by atoms with E-state index in [4.69, 9.17) is 5.11 Å². The van der Waals surface area contributed by atoms with Gasteiger partial charge in [-0.15, -0.1) is 0 Å². The van der Waals surface area contributed by atoms with Crippen molar-refractivity contribution in [1.29, 1.82) is 0 Å². The lowest BCUT2D eigenvalue weighted by Gasteiger charge is -2.09. The summed E-state index contributed by atoms with van der Waals surface area (Å²) in [6, 6.07) is 8.17. The summed E-state index contributed by atoms with van der Waals surface area (Å²) in [4.78, 5) is 9.02. The van der Waals surface area contributed by atoms with Crippen molar-refractivity contribution in [3.63, 3.8) is 0 Å². The number of hydrogen-bond donors (Lipinski definition) is 1. The van der Waals surface area contributed by atoms with Gasteiger partial charge in [-0.2, -0.15) is 0 Å². The van der Waals surface area contributed by atoms with Gasteiger partial charge in [-0.05, 0) is 44.0 Å². The summed E-state index contributed by atoms with van der Waals surface area (Å²) in [6.45, 7) is 4.22. The molecule has 0 radical (unpaired) electrons. The van der Waals surface area contributed by atoms with Crippen LogP contribution < -0.4 is 0 Å². The van der Waals surface area contributed by atoms with Crippen molar-refractivity contribution in [2.24, 2.45) is 0 Å². The number of hydrogen-bond acceptors (Lipinski definition) is 3. The summed E-state index contributed by atoms with van der Waals surface area (Å²) in [5.41, 5.74) is 4.20. The van der Waals surface area contributed by atoms with E-state index in [0.717, 1.165) is 27.2 Å². The van der Waals surface area contributed by atoms with E-state index in [-0.39, 0.29) is 6.61 Å². The Labute approximate surface area is 121 Å². The fourth-order valence-electron chi connectivity index (χ4n) is 1.99. The first-order valence-electron chi connectivity index (χ1n) is 6.32. The second-order valence-corrected chi connectivity index (χ2v) is 5.51. The second-order valence-electron chi connectivity index (χ2n) is 4.60. The molecule has 2 rings (SSSR count). The van der Waals surface area contributed by atoms with Gasteiger partial charge in [-0.1, -0.05) is 22.0 Å². The Morgan fingerprint density at radius 1 is 1.16 bits per heavy atom. The molecule has 1 heterocycles. The molecule has 0 amide bonds. The number of aryl methyl sites for hydroxylation is 3. The van der Waals surface area contributed by atoms with Crippen LogP contribution in [-0.4, -0.2) is 21.7 Å². The van der Waals surface area contributed by atoms with Gasteiger partial charge in [0.05, 0.1) is 5.69 Å². The molecule has 1 aromatic carbocycles. The van der Waals surface area contributed by atoms with Crippen molar-refractivity contribution in [2.45, 2.75) is 26.7 Å². The maximum absolute atomic E-state index is 8.90. The molecule has 100 valence electrons. The van der Waals surface area contributed by atoms with Crippen LogP contribution in [-0.2, 0) is 6.42 Å². The van der Waals surface area contributed by atoms with Crippen molar-refractivity contribution in [2.75, 3.05) is 6.61 Å². The summed E-state index contributed by atoms with van der Waals surface area (Å²) in [5, 5.41) is 8.90. The highest BCUT2D eigenvalue weighted by Gasteiger charge is 2.08. The summed E-state index contributed by atoms with van der Waals surface area (Å²) in [7, 11) is 0. The normalized spacial score (nSPS) is 10.7. The zero-order chi connectivity index (χ0) is 13.8. The first-order chi connectivity index (χ1) is 9.10. The number of aliphatic hydroxyl groups excluding tert-OH is 1. The Kier molecular flexibility index (Phi) is 4.66. The summed E-state index contributed by atoms with van der Waals surface area (Å²) < 4.78 is 1.04. The van der Waals surface area contributed by atoms with Gasteiger partial charge in [0, 0.05) is 28.8 Å². The fraction of sp³-hybridized carbons (Fsp3) is 0.333. The van der Waals surface area contributed by atoms with Crippen molar-refractivity contribution >= 4 is 15.9 Å². The predicted molar refractivity (Wildman–Crippen MR) is 80.0 cm³/mol. The molecule has 2 aromatic rings. The van der Waals surface area contributed by atoms with Gasteiger partial charge in [0.2, 0.25) is 0 Å². The van der Waals surface area contributed by atoms with Crippen LogP contribution in [0.3, 0.4) is 0 Å². The number of rotatable bonds is 4. The predicted octanol–water partition coefficient (Wildman–Crippen LogP) is 3.45. The Morgan fingerprint density at radius 3 is 2.68 bits per heavy atom. The molecule has 0 aliphatic carbocycles. The molecule has 19 heavy (non-hydrogen) atoms. The molecule has 0 aliphatic heterocycles. The van der Waals surface area contributed by atoms with E-state index in [0.29, 0.717) is 12.8 Å². The van der Waals surface area contributed by atoms with Gasteiger partial charge in [0.25, 0.3) is 0 Å². The van der Waals surface area contributed by atoms with Crippen molar-refractivity contribution in [3.05, 3.63) is 45.8 Å². The lowest BCUT2D eigenvalue weighted by molar-refractivity contribution is 0.287. The maximum Gasteiger partial charge on any atom is 0.129 e. The molecule has 0 spiro atoms. The summed E-state index contributed by atoms with van der Waals surface area (Å²) in [6.07, 6.45) is 1.40. The van der Waals surface area contributed by atoms with Crippen LogP contribution in [0, 0.1) is 13.8 Å². The second kappa shape index (κ2) is 6.26. The number of benzene rings is 1. The van der Waals surface area contributed by atoms with E-state index >= 15 is 0 Å². The zero-order valence-corrected chi connectivity index (χ0v) is 12.7. The van der Waals surface area contributed by atoms with Gasteiger partial charge >= 0.3 is 0 Å². The number of aromatic nitrogens is 2. The van der Waals surface area contributed by atoms with Gasteiger partial charge in [-0.25, -0.2) is 9.97 Å². The molecule has 0 aliphatic rings. The molecule has 1 aromatic heterocycles. The molecule has 4 heteroatoms. The fourth-order valence-corrected chi connectivity index (χ4v) is 2.35. The molecule has 0 fully saturated rings. The standard InChI is InChI=1S/C15H17BrN2O/c1-10-5-6-12(16)9-13(10)14-8-11(2)17-15(18-14)4-3-7-19/h5-6,8-9,19H,3-4,7H2,1-2H3. The van der Waals surface area contributed by atoms with Crippen LogP contribution >= 0.6 is 15.9 Å². The van der Waals surface area contributed by atoms with Crippen molar-refractivity contribution in [3.8, 4) is 11.3 Å².